The fraction of sp³-hybridized carbons (Fsp3) is 0. The summed E-state index contributed by atoms with van der Waals surface area (Å²) in [7, 11) is 0. The van der Waals surface area contributed by atoms with E-state index in [1.165, 1.54) is 30.3 Å². The van der Waals surface area contributed by atoms with Crippen LogP contribution in [0.25, 0.3) is 0 Å². The molecule has 0 saturated heterocycles. The topological polar surface area (TPSA) is 75.1 Å². The Bertz CT molecular complexity index is 587. The highest BCUT2D eigenvalue weighted by Gasteiger charge is 2.12. The van der Waals surface area contributed by atoms with Crippen molar-refractivity contribution in [2.24, 2.45) is 0 Å². The van der Waals surface area contributed by atoms with Crippen molar-refractivity contribution < 1.29 is 9.90 Å². The average Bonchev–Trinajstić information content (AvgIpc) is 2.35. The number of nitrogens with zero attached hydrogens (tertiary/aromatic N) is 2. The van der Waals surface area contributed by atoms with E-state index < -0.39 is 5.91 Å². The maximum atomic E-state index is 11.8. The molecule has 2 aromatic rings. The highest BCUT2D eigenvalue weighted by atomic mass is 35.5. The third-order valence-electron chi connectivity index (χ3n) is 2.08. The Morgan fingerprint density at radius 2 is 1.94 bits per heavy atom. The molecule has 2 N–H and O–H groups in total. The Hall–Kier alpha value is -1.85. The van der Waals surface area contributed by atoms with Crippen LogP contribution in [0, 0.1) is 0 Å². The van der Waals surface area contributed by atoms with E-state index in [1.54, 1.807) is 0 Å². The summed E-state index contributed by atoms with van der Waals surface area (Å²) in [5.74, 6) is -0.478. The molecule has 18 heavy (non-hydrogen) atoms. The Balaban J connectivity index is 2.21. The van der Waals surface area contributed by atoms with Gasteiger partial charge in [-0.15, -0.1) is 10.2 Å². The minimum atomic E-state index is -0.536. The van der Waals surface area contributed by atoms with Gasteiger partial charge >= 0.3 is 0 Å². The van der Waals surface area contributed by atoms with Crippen LogP contribution in [0.4, 0.5) is 5.82 Å². The second-order valence-corrected chi connectivity index (χ2v) is 4.18. The van der Waals surface area contributed by atoms with Crippen molar-refractivity contribution in [3.05, 3.63) is 46.1 Å². The van der Waals surface area contributed by atoms with Crippen molar-refractivity contribution in [3.8, 4) is 5.75 Å². The van der Waals surface area contributed by atoms with E-state index in [0.29, 0.717) is 5.02 Å². The van der Waals surface area contributed by atoms with E-state index in [1.807, 2.05) is 0 Å². The van der Waals surface area contributed by atoms with E-state index in [2.05, 4.69) is 15.5 Å². The van der Waals surface area contributed by atoms with Gasteiger partial charge in [-0.25, -0.2) is 0 Å². The number of amides is 1. The van der Waals surface area contributed by atoms with Crippen LogP contribution in [0.5, 0.6) is 5.75 Å². The maximum Gasteiger partial charge on any atom is 0.260 e. The zero-order valence-corrected chi connectivity index (χ0v) is 10.4. The highest BCUT2D eigenvalue weighted by Crippen LogP contribution is 2.22. The van der Waals surface area contributed by atoms with E-state index >= 15 is 0 Å². The minimum Gasteiger partial charge on any atom is -0.507 e. The molecule has 5 nitrogen and oxygen atoms in total. The first-order valence-corrected chi connectivity index (χ1v) is 5.61. The molecule has 7 heteroatoms. The number of rotatable bonds is 2. The number of phenolic OH excluding ortho intramolecular Hbond substituents is 1. The molecule has 0 bridgehead atoms. The number of phenols is 1. The monoisotopic (exact) mass is 283 g/mol. The first-order chi connectivity index (χ1) is 8.56. The molecular weight excluding hydrogens is 277 g/mol. The van der Waals surface area contributed by atoms with Gasteiger partial charge in [-0.3, -0.25) is 4.79 Å². The van der Waals surface area contributed by atoms with Gasteiger partial charge in [0.1, 0.15) is 5.75 Å². The molecule has 1 heterocycles. The number of hydrogen-bond acceptors (Lipinski definition) is 4. The molecule has 0 atom stereocenters. The van der Waals surface area contributed by atoms with E-state index in [4.69, 9.17) is 23.2 Å². The van der Waals surface area contributed by atoms with Crippen molar-refractivity contribution >= 4 is 34.9 Å². The van der Waals surface area contributed by atoms with Crippen molar-refractivity contribution in [1.82, 2.24) is 10.2 Å². The number of aromatic nitrogens is 2. The largest absolute Gasteiger partial charge is 0.507 e. The zero-order valence-electron chi connectivity index (χ0n) is 8.89. The molecule has 0 aliphatic heterocycles. The van der Waals surface area contributed by atoms with Gasteiger partial charge in [0.05, 0.1) is 5.56 Å². The molecule has 0 spiro atoms. The molecular formula is C11H7Cl2N3O2. The third kappa shape index (κ3) is 2.88. The lowest BCUT2D eigenvalue weighted by Crippen LogP contribution is -2.13. The standard InChI is InChI=1S/C11H7Cl2N3O2/c12-6-1-2-8(17)7(5-6)11(18)14-10-4-3-9(13)15-16-10/h1-5,17H,(H,14,16,18). The Morgan fingerprint density at radius 3 is 2.61 bits per heavy atom. The molecule has 0 fully saturated rings. The summed E-state index contributed by atoms with van der Waals surface area (Å²) >= 11 is 11.3. The van der Waals surface area contributed by atoms with E-state index in [0.717, 1.165) is 0 Å². The molecule has 1 aromatic carbocycles. The third-order valence-corrected chi connectivity index (χ3v) is 2.51. The highest BCUT2D eigenvalue weighted by molar-refractivity contribution is 6.31. The predicted molar refractivity (Wildman–Crippen MR) is 68.1 cm³/mol. The lowest BCUT2D eigenvalue weighted by atomic mass is 10.2. The van der Waals surface area contributed by atoms with Crippen molar-refractivity contribution in [2.75, 3.05) is 5.32 Å². The van der Waals surface area contributed by atoms with Crippen LogP contribution in [0.15, 0.2) is 30.3 Å². The van der Waals surface area contributed by atoms with Gasteiger partial charge in [-0.2, -0.15) is 0 Å². The minimum absolute atomic E-state index is 0.0549. The Morgan fingerprint density at radius 1 is 1.17 bits per heavy atom. The molecule has 0 aliphatic rings. The number of carbonyl (C=O) groups is 1. The Kier molecular flexibility index (Phi) is 3.64. The van der Waals surface area contributed by atoms with E-state index in [9.17, 15) is 9.90 Å². The molecule has 0 saturated carbocycles. The molecule has 92 valence electrons. The lowest BCUT2D eigenvalue weighted by molar-refractivity contribution is 0.102. The van der Waals surface area contributed by atoms with Crippen molar-refractivity contribution in [2.45, 2.75) is 0 Å². The quantitative estimate of drug-likeness (QED) is 0.889. The predicted octanol–water partition coefficient (Wildman–Crippen LogP) is 2.74. The first kappa shape index (κ1) is 12.6. The number of benzene rings is 1. The number of carbonyl (C=O) groups excluding carboxylic acids is 1. The summed E-state index contributed by atoms with van der Waals surface area (Å²) in [4.78, 5) is 11.8. The lowest BCUT2D eigenvalue weighted by Gasteiger charge is -2.05. The summed E-state index contributed by atoms with van der Waals surface area (Å²) in [6.45, 7) is 0. The summed E-state index contributed by atoms with van der Waals surface area (Å²) in [6.07, 6.45) is 0. The second-order valence-electron chi connectivity index (χ2n) is 3.36. The van der Waals surface area contributed by atoms with Crippen LogP contribution < -0.4 is 5.32 Å². The van der Waals surface area contributed by atoms with Gasteiger partial charge in [-0.05, 0) is 30.3 Å². The fourth-order valence-electron chi connectivity index (χ4n) is 1.26. The fourth-order valence-corrected chi connectivity index (χ4v) is 1.53. The summed E-state index contributed by atoms with van der Waals surface area (Å²) in [5, 5.41) is 19.8. The summed E-state index contributed by atoms with van der Waals surface area (Å²) < 4.78 is 0. The number of halogens is 2. The number of anilines is 1. The summed E-state index contributed by atoms with van der Waals surface area (Å²) in [5.41, 5.74) is 0.0549. The van der Waals surface area contributed by atoms with Gasteiger partial charge < -0.3 is 10.4 Å². The van der Waals surface area contributed by atoms with Crippen LogP contribution in [-0.2, 0) is 0 Å². The number of nitrogens with one attached hydrogen (secondary N) is 1. The summed E-state index contributed by atoms with van der Waals surface area (Å²) in [6, 6.07) is 7.16. The Labute approximate surface area is 112 Å². The zero-order chi connectivity index (χ0) is 13.1. The van der Waals surface area contributed by atoms with Crippen LogP contribution in [0.1, 0.15) is 10.4 Å². The van der Waals surface area contributed by atoms with Crippen LogP contribution >= 0.6 is 23.2 Å². The van der Waals surface area contributed by atoms with Crippen LogP contribution in [0.3, 0.4) is 0 Å². The van der Waals surface area contributed by atoms with Crippen LogP contribution in [0.2, 0.25) is 10.2 Å². The SMILES string of the molecule is O=C(Nc1ccc(Cl)nn1)c1cc(Cl)ccc1O. The van der Waals surface area contributed by atoms with Gasteiger partial charge in [0.25, 0.3) is 5.91 Å². The maximum absolute atomic E-state index is 11.8. The molecule has 2 rings (SSSR count). The van der Waals surface area contributed by atoms with Gasteiger partial charge in [0.2, 0.25) is 0 Å². The molecule has 0 aliphatic carbocycles. The molecule has 1 amide bonds. The van der Waals surface area contributed by atoms with Crippen molar-refractivity contribution in [1.29, 1.82) is 0 Å². The smallest absolute Gasteiger partial charge is 0.260 e. The number of hydrogen-bond donors (Lipinski definition) is 2. The average molecular weight is 284 g/mol. The molecule has 1 aromatic heterocycles. The van der Waals surface area contributed by atoms with Crippen molar-refractivity contribution in [3.63, 3.8) is 0 Å². The molecule has 0 unspecified atom stereocenters. The van der Waals surface area contributed by atoms with Gasteiger partial charge in [0.15, 0.2) is 11.0 Å². The van der Waals surface area contributed by atoms with Gasteiger partial charge in [-0.1, -0.05) is 23.2 Å². The first-order valence-electron chi connectivity index (χ1n) is 4.85. The van der Waals surface area contributed by atoms with Crippen LogP contribution in [-0.4, -0.2) is 21.2 Å². The van der Waals surface area contributed by atoms with E-state index in [-0.39, 0.29) is 22.3 Å². The normalized spacial score (nSPS) is 10.1. The number of aromatic hydroxyl groups is 1. The van der Waals surface area contributed by atoms with Gasteiger partial charge in [0, 0.05) is 5.02 Å². The molecule has 0 radical (unpaired) electrons. The second kappa shape index (κ2) is 5.20.